The van der Waals surface area contributed by atoms with Crippen molar-refractivity contribution in [2.75, 3.05) is 13.2 Å². The molecule has 2 aliphatic heterocycles. The Kier molecular flexibility index (Phi) is 7.03. The van der Waals surface area contributed by atoms with Crippen LogP contribution in [0.2, 0.25) is 5.02 Å². The summed E-state index contributed by atoms with van der Waals surface area (Å²) < 4.78 is 47.6. The zero-order valence-corrected chi connectivity index (χ0v) is 24.0. The van der Waals surface area contributed by atoms with Crippen LogP contribution in [0.1, 0.15) is 45.0 Å². The largest absolute Gasteiger partial charge is 0.478 e. The predicted octanol–water partition coefficient (Wildman–Crippen LogP) is 6.04. The third kappa shape index (κ3) is 5.21. The quantitative estimate of drug-likeness (QED) is 0.227. The number of aryl methyl sites for hydroxylation is 1. The van der Waals surface area contributed by atoms with Crippen LogP contribution in [0.3, 0.4) is 0 Å². The van der Waals surface area contributed by atoms with Crippen molar-refractivity contribution < 1.29 is 32.6 Å². The summed E-state index contributed by atoms with van der Waals surface area (Å²) in [4.78, 5) is 23.2. The minimum Gasteiger partial charge on any atom is -0.478 e. The van der Waals surface area contributed by atoms with Gasteiger partial charge in [0.2, 0.25) is 5.88 Å². The number of imidazole rings is 1. The van der Waals surface area contributed by atoms with E-state index in [0.29, 0.717) is 65.0 Å². The molecule has 0 amide bonds. The minimum atomic E-state index is -1.20. The minimum absolute atomic E-state index is 0.0290. The van der Waals surface area contributed by atoms with Gasteiger partial charge in [0.05, 0.1) is 41.0 Å². The maximum atomic E-state index is 15.0. The van der Waals surface area contributed by atoms with Crippen molar-refractivity contribution in [3.8, 4) is 5.88 Å². The van der Waals surface area contributed by atoms with Crippen LogP contribution in [-0.4, -0.2) is 49.8 Å². The molecule has 1 N–H and O–H groups in total. The van der Waals surface area contributed by atoms with E-state index in [1.165, 1.54) is 12.1 Å². The van der Waals surface area contributed by atoms with E-state index in [0.717, 1.165) is 42.3 Å². The van der Waals surface area contributed by atoms with Gasteiger partial charge in [-0.1, -0.05) is 17.7 Å². The molecule has 1 saturated heterocycles. The second-order valence-electron chi connectivity index (χ2n) is 11.0. The SMILES string of the molecule is Cc1cc2c(nc1OCc1ccc(Cl)c3cc(F)oc13)CN(Cc1nc3c(F)cc(C(=O)O)cc3n1C[C@@H]1CCO1)CC2. The summed E-state index contributed by atoms with van der Waals surface area (Å²) in [5.74, 6) is -0.758. The summed E-state index contributed by atoms with van der Waals surface area (Å²) in [6, 6.07) is 8.52. The fourth-order valence-electron chi connectivity index (χ4n) is 5.78. The van der Waals surface area contributed by atoms with Crippen molar-refractivity contribution in [2.45, 2.75) is 52.1 Å². The summed E-state index contributed by atoms with van der Waals surface area (Å²) in [6.45, 7) is 4.87. The van der Waals surface area contributed by atoms with Crippen LogP contribution < -0.4 is 4.74 Å². The number of hydrogen-bond acceptors (Lipinski definition) is 7. The van der Waals surface area contributed by atoms with Gasteiger partial charge in [0.1, 0.15) is 23.5 Å². The van der Waals surface area contributed by atoms with Crippen LogP contribution in [0.5, 0.6) is 5.88 Å². The molecule has 222 valence electrons. The Bertz CT molecular complexity index is 1900. The summed E-state index contributed by atoms with van der Waals surface area (Å²) in [6.07, 6.45) is 1.61. The molecule has 0 unspecified atom stereocenters. The first-order valence-electron chi connectivity index (χ1n) is 14.0. The Morgan fingerprint density at radius 3 is 2.81 bits per heavy atom. The number of pyridine rings is 1. The average molecular weight is 609 g/mol. The summed E-state index contributed by atoms with van der Waals surface area (Å²) in [5, 5.41) is 10.4. The van der Waals surface area contributed by atoms with Gasteiger partial charge in [0.15, 0.2) is 5.82 Å². The molecule has 1 atom stereocenters. The van der Waals surface area contributed by atoms with E-state index in [4.69, 9.17) is 30.5 Å². The molecule has 0 radical (unpaired) electrons. The van der Waals surface area contributed by atoms with E-state index < -0.39 is 17.8 Å². The molecule has 2 aliphatic rings. The molecule has 0 spiro atoms. The molecule has 5 heterocycles. The van der Waals surface area contributed by atoms with Gasteiger partial charge in [-0.15, -0.1) is 0 Å². The van der Waals surface area contributed by atoms with Gasteiger partial charge in [0, 0.05) is 42.3 Å². The number of halogens is 3. The monoisotopic (exact) mass is 608 g/mol. The molecule has 0 bridgehead atoms. The molecule has 7 rings (SSSR count). The highest BCUT2D eigenvalue weighted by atomic mass is 35.5. The van der Waals surface area contributed by atoms with Crippen LogP contribution in [0, 0.1) is 18.8 Å². The molecule has 2 aromatic carbocycles. The van der Waals surface area contributed by atoms with Gasteiger partial charge >= 0.3 is 5.97 Å². The summed E-state index contributed by atoms with van der Waals surface area (Å²) >= 11 is 6.19. The van der Waals surface area contributed by atoms with Crippen LogP contribution in [0.4, 0.5) is 8.78 Å². The van der Waals surface area contributed by atoms with E-state index in [9.17, 15) is 18.7 Å². The van der Waals surface area contributed by atoms with Crippen molar-refractivity contribution in [1.82, 2.24) is 19.4 Å². The molecule has 5 aromatic rings. The standard InChI is InChI=1S/C31H27ClF2N4O5/c1-16-8-17-4-6-37(13-24(17)35-30(16)42-15-18-2-3-22(32)21-11-26(34)43-29(18)21)14-27-36-28-23(33)9-19(31(39)40)10-25(28)38(27)12-20-5-7-41-20/h2-3,8-11,20H,4-7,12-15H2,1H3,(H,39,40)/t20-/m0/s1. The lowest BCUT2D eigenvalue weighted by Gasteiger charge is -2.30. The van der Waals surface area contributed by atoms with E-state index >= 15 is 0 Å². The first-order valence-corrected chi connectivity index (χ1v) is 14.4. The van der Waals surface area contributed by atoms with Gasteiger partial charge in [-0.2, -0.15) is 4.39 Å². The van der Waals surface area contributed by atoms with Crippen LogP contribution in [-0.2, 0) is 37.4 Å². The lowest BCUT2D eigenvalue weighted by molar-refractivity contribution is -0.0592. The number of carboxylic acid groups (broad SMARTS) is 1. The zero-order chi connectivity index (χ0) is 29.8. The number of furan rings is 1. The molecule has 0 aliphatic carbocycles. The maximum Gasteiger partial charge on any atom is 0.335 e. The molecular formula is C31H27ClF2N4O5. The first-order chi connectivity index (χ1) is 20.7. The Hall–Kier alpha value is -4.06. The fourth-order valence-corrected chi connectivity index (χ4v) is 5.98. The lowest BCUT2D eigenvalue weighted by atomic mass is 10.0. The van der Waals surface area contributed by atoms with Gasteiger partial charge in [-0.3, -0.25) is 4.90 Å². The van der Waals surface area contributed by atoms with Crippen LogP contribution in [0.25, 0.3) is 22.0 Å². The van der Waals surface area contributed by atoms with Gasteiger partial charge in [-0.25, -0.2) is 19.2 Å². The smallest absolute Gasteiger partial charge is 0.335 e. The van der Waals surface area contributed by atoms with Crippen LogP contribution in [0.15, 0.2) is 40.8 Å². The van der Waals surface area contributed by atoms with Crippen molar-refractivity contribution >= 4 is 39.6 Å². The van der Waals surface area contributed by atoms with Gasteiger partial charge in [0.25, 0.3) is 6.01 Å². The molecule has 1 fully saturated rings. The zero-order valence-electron chi connectivity index (χ0n) is 23.2. The highest BCUT2D eigenvalue weighted by Crippen LogP contribution is 2.32. The number of fused-ring (bicyclic) bond motifs is 3. The number of hydrogen-bond donors (Lipinski definition) is 1. The Morgan fingerprint density at radius 2 is 2.05 bits per heavy atom. The van der Waals surface area contributed by atoms with Crippen LogP contribution >= 0.6 is 11.6 Å². The number of aromatic nitrogens is 3. The second kappa shape index (κ2) is 10.9. The number of nitrogens with zero attached hydrogens (tertiary/aromatic N) is 4. The Balaban J connectivity index is 1.14. The second-order valence-corrected chi connectivity index (χ2v) is 11.4. The molecular weight excluding hydrogens is 582 g/mol. The average Bonchev–Trinajstić information content (AvgIpc) is 3.51. The van der Waals surface area contributed by atoms with Gasteiger partial charge in [-0.05, 0) is 49.6 Å². The molecule has 3 aromatic heterocycles. The lowest BCUT2D eigenvalue weighted by Crippen LogP contribution is -2.34. The number of rotatable bonds is 8. The molecule has 12 heteroatoms. The highest BCUT2D eigenvalue weighted by molar-refractivity contribution is 6.35. The van der Waals surface area contributed by atoms with E-state index in [1.54, 1.807) is 12.1 Å². The van der Waals surface area contributed by atoms with Crippen molar-refractivity contribution in [3.63, 3.8) is 0 Å². The number of ether oxygens (including phenoxy) is 2. The summed E-state index contributed by atoms with van der Waals surface area (Å²) in [7, 11) is 0. The van der Waals surface area contributed by atoms with E-state index in [1.807, 2.05) is 11.5 Å². The van der Waals surface area contributed by atoms with Gasteiger partial charge < -0.3 is 23.6 Å². The topological polar surface area (TPSA) is 103 Å². The van der Waals surface area contributed by atoms with Crippen molar-refractivity contribution in [1.29, 1.82) is 0 Å². The van der Waals surface area contributed by atoms with E-state index in [-0.39, 0.29) is 23.8 Å². The molecule has 0 saturated carbocycles. The van der Waals surface area contributed by atoms with Crippen molar-refractivity contribution in [3.05, 3.63) is 87.0 Å². The van der Waals surface area contributed by atoms with Crippen molar-refractivity contribution in [2.24, 2.45) is 0 Å². The molecule has 43 heavy (non-hydrogen) atoms. The number of carboxylic acids is 1. The maximum absolute atomic E-state index is 15.0. The van der Waals surface area contributed by atoms with E-state index in [2.05, 4.69) is 16.0 Å². The third-order valence-electron chi connectivity index (χ3n) is 8.13. The third-order valence-corrected chi connectivity index (χ3v) is 8.46. The predicted molar refractivity (Wildman–Crippen MR) is 153 cm³/mol. The number of benzene rings is 2. The Labute approximate surface area is 249 Å². The number of carbonyl (C=O) groups is 1. The molecule has 9 nitrogen and oxygen atoms in total. The first kappa shape index (κ1) is 27.8. The Morgan fingerprint density at radius 1 is 1.21 bits per heavy atom. The number of aromatic carboxylic acids is 1. The highest BCUT2D eigenvalue weighted by Gasteiger charge is 2.27. The summed E-state index contributed by atoms with van der Waals surface area (Å²) in [5.41, 5.74) is 4.33. The normalized spacial score (nSPS) is 16.9. The fraction of sp³-hybridized carbons (Fsp3) is 0.323.